The van der Waals surface area contributed by atoms with Crippen LogP contribution in [0.1, 0.15) is 35.2 Å². The lowest BCUT2D eigenvalue weighted by Gasteiger charge is -2.14. The molecule has 2 rings (SSSR count). The van der Waals surface area contributed by atoms with Crippen LogP contribution in [0.25, 0.3) is 0 Å². The molecule has 0 saturated heterocycles. The molecule has 1 aromatic heterocycles. The second kappa shape index (κ2) is 8.00. The third kappa shape index (κ3) is 4.61. The fourth-order valence-electron chi connectivity index (χ4n) is 1.98. The molecular weight excluding hydrogens is 300 g/mol. The number of carbonyl (C=O) groups is 1. The van der Waals surface area contributed by atoms with Gasteiger partial charge in [-0.25, -0.2) is 0 Å². The molecule has 2 aromatic rings. The molecule has 6 heteroatoms. The van der Waals surface area contributed by atoms with Crippen LogP contribution in [0.3, 0.4) is 0 Å². The van der Waals surface area contributed by atoms with Crippen molar-refractivity contribution in [2.45, 2.75) is 37.0 Å². The van der Waals surface area contributed by atoms with E-state index in [1.54, 1.807) is 6.07 Å². The summed E-state index contributed by atoms with van der Waals surface area (Å²) in [6.45, 7) is 3.81. The number of amides is 1. The van der Waals surface area contributed by atoms with Gasteiger partial charge in [-0.1, -0.05) is 17.3 Å². The van der Waals surface area contributed by atoms with E-state index in [0.29, 0.717) is 17.7 Å². The number of aliphatic hydroxyl groups is 1. The Hall–Kier alpha value is -1.79. The van der Waals surface area contributed by atoms with E-state index < -0.39 is 0 Å². The standard InChI is InChI=1S/C16H20N2O3S/c1-11(7-8-19)17-16(20)14-5-3-4-6-15(14)22-10-13-9-12(2)18-21-13/h3-6,9,11,19H,7-8,10H2,1-2H3,(H,17,20). The highest BCUT2D eigenvalue weighted by Crippen LogP contribution is 2.26. The van der Waals surface area contributed by atoms with Crippen LogP contribution >= 0.6 is 11.8 Å². The lowest BCUT2D eigenvalue weighted by atomic mass is 10.2. The third-order valence-corrected chi connectivity index (χ3v) is 4.21. The summed E-state index contributed by atoms with van der Waals surface area (Å²) in [5, 5.41) is 15.7. The average molecular weight is 320 g/mol. The first-order valence-corrected chi connectivity index (χ1v) is 8.14. The second-order valence-electron chi connectivity index (χ2n) is 5.11. The summed E-state index contributed by atoms with van der Waals surface area (Å²) in [5.74, 6) is 1.28. The smallest absolute Gasteiger partial charge is 0.252 e. The van der Waals surface area contributed by atoms with Gasteiger partial charge in [0.05, 0.1) is 17.0 Å². The highest BCUT2D eigenvalue weighted by Gasteiger charge is 2.14. The van der Waals surface area contributed by atoms with E-state index in [1.807, 2.05) is 38.1 Å². The van der Waals surface area contributed by atoms with Crippen molar-refractivity contribution < 1.29 is 14.4 Å². The van der Waals surface area contributed by atoms with Gasteiger partial charge < -0.3 is 14.9 Å². The molecule has 1 atom stereocenters. The number of aromatic nitrogens is 1. The molecule has 1 amide bonds. The number of hydrogen-bond donors (Lipinski definition) is 2. The van der Waals surface area contributed by atoms with Crippen molar-refractivity contribution in [3.05, 3.63) is 47.3 Å². The van der Waals surface area contributed by atoms with Crippen molar-refractivity contribution in [3.8, 4) is 0 Å². The highest BCUT2D eigenvalue weighted by molar-refractivity contribution is 7.98. The van der Waals surface area contributed by atoms with Crippen molar-refractivity contribution in [3.63, 3.8) is 0 Å². The van der Waals surface area contributed by atoms with Crippen molar-refractivity contribution in [1.82, 2.24) is 10.5 Å². The molecule has 5 nitrogen and oxygen atoms in total. The molecule has 0 bridgehead atoms. The summed E-state index contributed by atoms with van der Waals surface area (Å²) in [4.78, 5) is 13.2. The van der Waals surface area contributed by atoms with Crippen molar-refractivity contribution >= 4 is 17.7 Å². The molecule has 0 radical (unpaired) electrons. The number of nitrogens with one attached hydrogen (secondary N) is 1. The second-order valence-corrected chi connectivity index (χ2v) is 6.12. The monoisotopic (exact) mass is 320 g/mol. The van der Waals surface area contributed by atoms with E-state index in [2.05, 4.69) is 10.5 Å². The Bertz CT molecular complexity index is 627. The fourth-order valence-corrected chi connectivity index (χ4v) is 2.91. The average Bonchev–Trinajstić information content (AvgIpc) is 2.91. The molecule has 1 heterocycles. The molecule has 0 saturated carbocycles. The van der Waals surface area contributed by atoms with Gasteiger partial charge in [-0.2, -0.15) is 0 Å². The Morgan fingerprint density at radius 3 is 2.91 bits per heavy atom. The van der Waals surface area contributed by atoms with Gasteiger partial charge >= 0.3 is 0 Å². The number of benzene rings is 1. The van der Waals surface area contributed by atoms with Crippen LogP contribution in [0.5, 0.6) is 0 Å². The number of aliphatic hydroxyl groups excluding tert-OH is 1. The summed E-state index contributed by atoms with van der Waals surface area (Å²) < 4.78 is 5.18. The van der Waals surface area contributed by atoms with Crippen LogP contribution in [0.2, 0.25) is 0 Å². The van der Waals surface area contributed by atoms with E-state index in [0.717, 1.165) is 16.3 Å². The van der Waals surface area contributed by atoms with Crippen LogP contribution in [-0.2, 0) is 5.75 Å². The van der Waals surface area contributed by atoms with Crippen molar-refractivity contribution in [2.75, 3.05) is 6.61 Å². The molecular formula is C16H20N2O3S. The molecule has 2 N–H and O–H groups in total. The normalized spacial score (nSPS) is 12.1. The summed E-state index contributed by atoms with van der Waals surface area (Å²) in [6, 6.07) is 9.29. The quantitative estimate of drug-likeness (QED) is 0.767. The zero-order valence-electron chi connectivity index (χ0n) is 12.7. The molecule has 0 aliphatic rings. The Balaban J connectivity index is 2.04. The predicted octanol–water partition coefficient (Wildman–Crippen LogP) is 2.78. The number of nitrogens with zero attached hydrogens (tertiary/aromatic N) is 1. The summed E-state index contributed by atoms with van der Waals surface area (Å²) in [7, 11) is 0. The molecule has 1 aromatic carbocycles. The van der Waals surface area contributed by atoms with E-state index in [1.165, 1.54) is 11.8 Å². The molecule has 0 aliphatic carbocycles. The van der Waals surface area contributed by atoms with Gasteiger partial charge in [0.1, 0.15) is 5.76 Å². The molecule has 118 valence electrons. The minimum atomic E-state index is -0.127. The molecule has 0 fully saturated rings. The van der Waals surface area contributed by atoms with Crippen molar-refractivity contribution in [1.29, 1.82) is 0 Å². The number of hydrogen-bond acceptors (Lipinski definition) is 5. The Morgan fingerprint density at radius 2 is 2.23 bits per heavy atom. The van der Waals surface area contributed by atoms with Crippen LogP contribution < -0.4 is 5.32 Å². The van der Waals surface area contributed by atoms with Gasteiger partial charge in [-0.05, 0) is 32.4 Å². The molecule has 0 aliphatic heterocycles. The Kier molecular flexibility index (Phi) is 6.03. The van der Waals surface area contributed by atoms with E-state index in [9.17, 15) is 4.79 Å². The lowest BCUT2D eigenvalue weighted by Crippen LogP contribution is -2.33. The SMILES string of the molecule is Cc1cc(CSc2ccccc2C(=O)NC(C)CCO)on1. The minimum Gasteiger partial charge on any atom is -0.396 e. The summed E-state index contributed by atoms with van der Waals surface area (Å²) in [6.07, 6.45) is 0.540. The van der Waals surface area contributed by atoms with Gasteiger partial charge in [0, 0.05) is 23.6 Å². The fraction of sp³-hybridized carbons (Fsp3) is 0.375. The van der Waals surface area contributed by atoms with Gasteiger partial charge in [-0.3, -0.25) is 4.79 Å². The topological polar surface area (TPSA) is 75.4 Å². The van der Waals surface area contributed by atoms with Crippen LogP contribution in [-0.4, -0.2) is 28.8 Å². The van der Waals surface area contributed by atoms with Crippen LogP contribution in [0.15, 0.2) is 39.8 Å². The summed E-state index contributed by atoms with van der Waals surface area (Å²) in [5.41, 5.74) is 1.48. The Morgan fingerprint density at radius 1 is 1.45 bits per heavy atom. The maximum Gasteiger partial charge on any atom is 0.252 e. The zero-order chi connectivity index (χ0) is 15.9. The number of thioether (sulfide) groups is 1. The maximum atomic E-state index is 12.3. The zero-order valence-corrected chi connectivity index (χ0v) is 13.5. The number of carbonyl (C=O) groups excluding carboxylic acids is 1. The first-order valence-electron chi connectivity index (χ1n) is 7.16. The Labute approximate surface area is 134 Å². The first kappa shape index (κ1) is 16.6. The largest absolute Gasteiger partial charge is 0.396 e. The van der Waals surface area contributed by atoms with Crippen LogP contribution in [0, 0.1) is 6.92 Å². The third-order valence-electron chi connectivity index (χ3n) is 3.12. The van der Waals surface area contributed by atoms with Crippen molar-refractivity contribution in [2.24, 2.45) is 0 Å². The predicted molar refractivity (Wildman–Crippen MR) is 85.9 cm³/mol. The minimum absolute atomic E-state index is 0.0582. The molecule has 1 unspecified atom stereocenters. The van der Waals surface area contributed by atoms with Crippen LogP contribution in [0.4, 0.5) is 0 Å². The van der Waals surface area contributed by atoms with E-state index in [-0.39, 0.29) is 18.6 Å². The number of rotatable bonds is 7. The number of aryl methyl sites for hydroxylation is 1. The molecule has 22 heavy (non-hydrogen) atoms. The van der Waals surface area contributed by atoms with Gasteiger partial charge in [0.15, 0.2) is 0 Å². The van der Waals surface area contributed by atoms with E-state index in [4.69, 9.17) is 9.63 Å². The summed E-state index contributed by atoms with van der Waals surface area (Å²) >= 11 is 1.54. The van der Waals surface area contributed by atoms with Gasteiger partial charge in [0.25, 0.3) is 5.91 Å². The van der Waals surface area contributed by atoms with E-state index >= 15 is 0 Å². The van der Waals surface area contributed by atoms with Gasteiger partial charge in [-0.15, -0.1) is 11.8 Å². The highest BCUT2D eigenvalue weighted by atomic mass is 32.2. The maximum absolute atomic E-state index is 12.3. The lowest BCUT2D eigenvalue weighted by molar-refractivity contribution is 0.0931. The molecule has 0 spiro atoms. The van der Waals surface area contributed by atoms with Gasteiger partial charge in [0.2, 0.25) is 0 Å². The first-order chi connectivity index (χ1) is 10.6.